The first kappa shape index (κ1) is 18.7. The molecule has 0 spiro atoms. The van der Waals surface area contributed by atoms with Crippen molar-refractivity contribution in [3.63, 3.8) is 0 Å². The van der Waals surface area contributed by atoms with Crippen LogP contribution in [0.1, 0.15) is 41.7 Å². The molecule has 3 aliphatic heterocycles. The van der Waals surface area contributed by atoms with E-state index in [9.17, 15) is 4.79 Å². The first-order valence-corrected chi connectivity index (χ1v) is 11.0. The van der Waals surface area contributed by atoms with E-state index in [1.807, 2.05) is 24.4 Å². The van der Waals surface area contributed by atoms with Crippen LogP contribution in [0.4, 0.5) is 0 Å². The number of hydrogen-bond acceptors (Lipinski definition) is 3. The molecule has 1 aromatic heterocycles. The number of methoxy groups -OCH3 is 1. The number of rotatable bonds is 4. The Morgan fingerprint density at radius 3 is 2.90 bits per heavy atom. The molecule has 0 saturated carbocycles. The van der Waals surface area contributed by atoms with Gasteiger partial charge in [-0.05, 0) is 73.9 Å². The van der Waals surface area contributed by atoms with E-state index in [0.717, 1.165) is 31.0 Å². The highest BCUT2D eigenvalue weighted by atomic mass is 16.5. The number of ether oxygens (including phenoxy) is 1. The largest absolute Gasteiger partial charge is 0.497 e. The number of aromatic nitrogens is 1. The quantitative estimate of drug-likeness (QED) is 0.864. The molecule has 0 aliphatic carbocycles. The molecule has 0 unspecified atom stereocenters. The van der Waals surface area contributed by atoms with Gasteiger partial charge in [0.15, 0.2) is 0 Å². The van der Waals surface area contributed by atoms with Crippen molar-refractivity contribution < 1.29 is 9.53 Å². The maximum absolute atomic E-state index is 13.1. The number of fused-ring (bicyclic) bond motifs is 4. The molecule has 29 heavy (non-hydrogen) atoms. The lowest BCUT2D eigenvalue weighted by Crippen LogP contribution is -2.64. The molecule has 5 heteroatoms. The molecule has 0 radical (unpaired) electrons. The smallest absolute Gasteiger partial charge is 0.270 e. The zero-order valence-electron chi connectivity index (χ0n) is 17.2. The minimum atomic E-state index is 0.161. The second-order valence-corrected chi connectivity index (χ2v) is 8.97. The maximum atomic E-state index is 13.1. The molecule has 154 valence electrons. The molecule has 1 amide bonds. The van der Waals surface area contributed by atoms with Crippen LogP contribution in [-0.2, 0) is 6.42 Å². The Kier molecular flexibility index (Phi) is 5.08. The number of likely N-dealkylation sites (tertiary alicyclic amines) is 1. The van der Waals surface area contributed by atoms with Crippen molar-refractivity contribution >= 4 is 5.91 Å². The maximum Gasteiger partial charge on any atom is 0.270 e. The first-order chi connectivity index (χ1) is 14.2. The summed E-state index contributed by atoms with van der Waals surface area (Å²) in [5, 5.41) is 0. The molecule has 2 aromatic rings. The van der Waals surface area contributed by atoms with Crippen molar-refractivity contribution in [1.82, 2.24) is 14.8 Å². The van der Waals surface area contributed by atoms with E-state index in [2.05, 4.69) is 33.0 Å². The number of amides is 1. The van der Waals surface area contributed by atoms with Gasteiger partial charge in [0.25, 0.3) is 5.91 Å². The first-order valence-electron chi connectivity index (χ1n) is 11.0. The Balaban J connectivity index is 1.41. The third kappa shape index (κ3) is 3.57. The number of nitrogens with one attached hydrogen (secondary N) is 1. The topological polar surface area (TPSA) is 48.6 Å². The molecule has 5 rings (SSSR count). The number of carbonyl (C=O) groups excluding carboxylic acids is 1. The van der Waals surface area contributed by atoms with E-state index in [-0.39, 0.29) is 5.91 Å². The molecule has 4 heterocycles. The number of carbonyl (C=O) groups is 1. The lowest BCUT2D eigenvalue weighted by atomic mass is 9.71. The number of aromatic amines is 1. The van der Waals surface area contributed by atoms with Crippen molar-refractivity contribution in [2.45, 2.75) is 44.2 Å². The lowest BCUT2D eigenvalue weighted by Gasteiger charge is -2.57. The summed E-state index contributed by atoms with van der Waals surface area (Å²) < 4.78 is 5.45. The van der Waals surface area contributed by atoms with Crippen LogP contribution in [0.15, 0.2) is 42.6 Å². The van der Waals surface area contributed by atoms with Gasteiger partial charge in [-0.1, -0.05) is 18.6 Å². The van der Waals surface area contributed by atoms with Gasteiger partial charge in [-0.2, -0.15) is 0 Å². The summed E-state index contributed by atoms with van der Waals surface area (Å²) in [6.07, 6.45) is 8.03. The van der Waals surface area contributed by atoms with Crippen molar-refractivity contribution in [3.05, 3.63) is 53.9 Å². The summed E-state index contributed by atoms with van der Waals surface area (Å²) in [7, 11) is 1.73. The lowest BCUT2D eigenvalue weighted by molar-refractivity contribution is -0.0643. The third-order valence-electron chi connectivity index (χ3n) is 7.32. The number of piperidine rings is 3. The number of benzene rings is 1. The normalized spacial score (nSPS) is 29.3. The highest BCUT2D eigenvalue weighted by molar-refractivity contribution is 5.92. The minimum absolute atomic E-state index is 0.161. The predicted octanol–water partition coefficient (Wildman–Crippen LogP) is 3.58. The minimum Gasteiger partial charge on any atom is -0.497 e. The van der Waals surface area contributed by atoms with Crippen LogP contribution in [0, 0.1) is 11.8 Å². The summed E-state index contributed by atoms with van der Waals surface area (Å²) in [4.78, 5) is 21.1. The van der Waals surface area contributed by atoms with Gasteiger partial charge in [-0.25, -0.2) is 0 Å². The van der Waals surface area contributed by atoms with Gasteiger partial charge in [0.1, 0.15) is 11.4 Å². The summed E-state index contributed by atoms with van der Waals surface area (Å²) in [5.41, 5.74) is 2.06. The van der Waals surface area contributed by atoms with Crippen LogP contribution in [0.25, 0.3) is 0 Å². The molecule has 5 nitrogen and oxygen atoms in total. The fourth-order valence-electron chi connectivity index (χ4n) is 6.03. The van der Waals surface area contributed by atoms with Crippen LogP contribution >= 0.6 is 0 Å². The molecule has 3 saturated heterocycles. The highest BCUT2D eigenvalue weighted by Gasteiger charge is 2.47. The molecule has 1 N–H and O–H groups in total. The molecule has 1 aromatic carbocycles. The zero-order chi connectivity index (χ0) is 19.8. The van der Waals surface area contributed by atoms with Gasteiger partial charge < -0.3 is 14.6 Å². The summed E-state index contributed by atoms with van der Waals surface area (Å²) in [6, 6.07) is 13.4. The number of hydrogen-bond donors (Lipinski definition) is 1. The van der Waals surface area contributed by atoms with E-state index in [1.165, 1.54) is 37.8 Å². The van der Waals surface area contributed by atoms with Crippen molar-refractivity contribution in [1.29, 1.82) is 0 Å². The summed E-state index contributed by atoms with van der Waals surface area (Å²) in [6.45, 7) is 2.98. The average Bonchev–Trinajstić information content (AvgIpc) is 3.31. The Bertz CT molecular complexity index is 850. The van der Waals surface area contributed by atoms with Crippen LogP contribution in [-0.4, -0.2) is 59.5 Å². The number of H-pyrrole nitrogens is 1. The second kappa shape index (κ2) is 7.86. The van der Waals surface area contributed by atoms with Crippen LogP contribution in [0.2, 0.25) is 0 Å². The summed E-state index contributed by atoms with van der Waals surface area (Å²) >= 11 is 0. The van der Waals surface area contributed by atoms with E-state index < -0.39 is 0 Å². The second-order valence-electron chi connectivity index (χ2n) is 8.97. The molecule has 4 atom stereocenters. The Morgan fingerprint density at radius 1 is 1.17 bits per heavy atom. The van der Waals surface area contributed by atoms with Gasteiger partial charge in [0, 0.05) is 31.4 Å². The zero-order valence-corrected chi connectivity index (χ0v) is 17.2. The standard InChI is InChI=1S/C24H31N3O2/c1-29-20-7-4-6-17(12-20)13-23-19-14-18(22-9-2-3-11-27(22)23)15-26(16-19)24(28)21-8-5-10-25-21/h4-8,10,12,18-19,22-23,25H,2-3,9,11,13-16H2,1H3/t18-,19+,22+,23+/m1/s1. The molecule has 3 fully saturated rings. The van der Waals surface area contributed by atoms with E-state index in [4.69, 9.17) is 4.74 Å². The predicted molar refractivity (Wildman–Crippen MR) is 113 cm³/mol. The molecule has 2 bridgehead atoms. The van der Waals surface area contributed by atoms with E-state index in [1.54, 1.807) is 7.11 Å². The van der Waals surface area contributed by atoms with Gasteiger partial charge in [0.05, 0.1) is 7.11 Å². The van der Waals surface area contributed by atoms with E-state index in [0.29, 0.717) is 23.9 Å². The highest BCUT2D eigenvalue weighted by Crippen LogP contribution is 2.42. The van der Waals surface area contributed by atoms with Crippen LogP contribution in [0.3, 0.4) is 0 Å². The fourth-order valence-corrected chi connectivity index (χ4v) is 6.03. The van der Waals surface area contributed by atoms with Crippen LogP contribution < -0.4 is 4.74 Å². The molecular weight excluding hydrogens is 362 g/mol. The van der Waals surface area contributed by atoms with Gasteiger partial charge in [0.2, 0.25) is 0 Å². The summed E-state index contributed by atoms with van der Waals surface area (Å²) in [5.74, 6) is 2.23. The van der Waals surface area contributed by atoms with Crippen LogP contribution in [0.5, 0.6) is 5.75 Å². The van der Waals surface area contributed by atoms with Crippen molar-refractivity contribution in [2.24, 2.45) is 11.8 Å². The average molecular weight is 394 g/mol. The SMILES string of the molecule is COc1cccc(C[C@H]2[C@H]3C[C@H](CN(C(=O)c4ccc[nH]4)C3)[C@@H]3CCCCN32)c1. The van der Waals surface area contributed by atoms with Crippen molar-refractivity contribution in [3.8, 4) is 5.75 Å². The van der Waals surface area contributed by atoms with Crippen molar-refractivity contribution in [2.75, 3.05) is 26.7 Å². The number of nitrogens with zero attached hydrogens (tertiary/aromatic N) is 2. The van der Waals surface area contributed by atoms with Gasteiger partial charge in [-0.15, -0.1) is 0 Å². The Morgan fingerprint density at radius 2 is 2.07 bits per heavy atom. The fraction of sp³-hybridized carbons (Fsp3) is 0.542. The monoisotopic (exact) mass is 393 g/mol. The molecule has 3 aliphatic rings. The van der Waals surface area contributed by atoms with Gasteiger partial charge in [-0.3, -0.25) is 9.69 Å². The Labute approximate surface area is 173 Å². The molecular formula is C24H31N3O2. The Hall–Kier alpha value is -2.27. The third-order valence-corrected chi connectivity index (χ3v) is 7.32. The van der Waals surface area contributed by atoms with Gasteiger partial charge >= 0.3 is 0 Å². The van der Waals surface area contributed by atoms with E-state index >= 15 is 0 Å².